The molecule has 2 fully saturated rings. The van der Waals surface area contributed by atoms with E-state index in [2.05, 4.69) is 19.1 Å². The molecule has 3 aliphatic rings. The standard InChI is InChI=1S/C13H18/c1-9-5-6-12-7-10-3-2-4-11(10)8-13(9)12/h7-9,12-13H,2-6H2,1H3/t9-,12?,13?/m1/s1. The molecule has 0 amide bonds. The first kappa shape index (κ1) is 7.84. The van der Waals surface area contributed by atoms with E-state index in [4.69, 9.17) is 0 Å². The van der Waals surface area contributed by atoms with Gasteiger partial charge in [0.15, 0.2) is 0 Å². The van der Waals surface area contributed by atoms with Crippen LogP contribution >= 0.6 is 0 Å². The fourth-order valence-corrected chi connectivity index (χ4v) is 3.41. The number of hydrogen-bond acceptors (Lipinski definition) is 0. The molecular weight excluding hydrogens is 156 g/mol. The Balaban J connectivity index is 1.96. The summed E-state index contributed by atoms with van der Waals surface area (Å²) in [5.74, 6) is 2.75. The summed E-state index contributed by atoms with van der Waals surface area (Å²) in [6, 6.07) is 0. The van der Waals surface area contributed by atoms with Gasteiger partial charge in [0.1, 0.15) is 0 Å². The normalized spacial score (nSPS) is 42.4. The monoisotopic (exact) mass is 174 g/mol. The molecule has 2 saturated carbocycles. The third-order valence-corrected chi connectivity index (χ3v) is 4.22. The van der Waals surface area contributed by atoms with E-state index in [1.807, 2.05) is 0 Å². The van der Waals surface area contributed by atoms with Gasteiger partial charge in [-0.25, -0.2) is 0 Å². The van der Waals surface area contributed by atoms with Crippen LogP contribution in [0.1, 0.15) is 39.0 Å². The van der Waals surface area contributed by atoms with Crippen molar-refractivity contribution in [3.8, 4) is 0 Å². The van der Waals surface area contributed by atoms with Crippen molar-refractivity contribution in [2.45, 2.75) is 39.0 Å². The predicted octanol–water partition coefficient (Wildman–Crippen LogP) is 3.70. The zero-order valence-electron chi connectivity index (χ0n) is 8.42. The van der Waals surface area contributed by atoms with Gasteiger partial charge in [0, 0.05) is 0 Å². The van der Waals surface area contributed by atoms with Gasteiger partial charge >= 0.3 is 0 Å². The molecule has 70 valence electrons. The highest BCUT2D eigenvalue weighted by atomic mass is 14.4. The zero-order valence-corrected chi connectivity index (χ0v) is 8.42. The first-order chi connectivity index (χ1) is 6.34. The molecule has 0 aliphatic heterocycles. The van der Waals surface area contributed by atoms with E-state index < -0.39 is 0 Å². The number of hydrogen-bond donors (Lipinski definition) is 0. The summed E-state index contributed by atoms with van der Waals surface area (Å²) in [6.07, 6.45) is 12.2. The van der Waals surface area contributed by atoms with Gasteiger partial charge in [-0.3, -0.25) is 0 Å². The molecule has 3 rings (SSSR count). The second-order valence-electron chi connectivity index (χ2n) is 5.03. The zero-order chi connectivity index (χ0) is 8.84. The fraction of sp³-hybridized carbons (Fsp3) is 0.692. The molecule has 0 saturated heterocycles. The smallest absolute Gasteiger partial charge is 0.0139 e. The lowest BCUT2D eigenvalue weighted by Crippen LogP contribution is -2.13. The van der Waals surface area contributed by atoms with Gasteiger partial charge in [0.25, 0.3) is 0 Å². The lowest BCUT2D eigenvalue weighted by atomic mass is 9.82. The molecule has 0 aromatic carbocycles. The second-order valence-corrected chi connectivity index (χ2v) is 5.03. The van der Waals surface area contributed by atoms with Crippen LogP contribution in [-0.2, 0) is 0 Å². The van der Waals surface area contributed by atoms with Crippen LogP contribution in [0.2, 0.25) is 0 Å². The third-order valence-electron chi connectivity index (χ3n) is 4.22. The highest BCUT2D eigenvalue weighted by molar-refractivity contribution is 5.39. The molecule has 0 heterocycles. The van der Waals surface area contributed by atoms with Gasteiger partial charge in [0.05, 0.1) is 0 Å². The van der Waals surface area contributed by atoms with Crippen LogP contribution in [0.4, 0.5) is 0 Å². The van der Waals surface area contributed by atoms with Crippen molar-refractivity contribution in [2.75, 3.05) is 0 Å². The topological polar surface area (TPSA) is 0 Å². The van der Waals surface area contributed by atoms with Crippen LogP contribution in [0, 0.1) is 17.8 Å². The van der Waals surface area contributed by atoms with Crippen molar-refractivity contribution in [2.24, 2.45) is 17.8 Å². The van der Waals surface area contributed by atoms with Gasteiger partial charge in [0.2, 0.25) is 0 Å². The molecule has 0 aromatic rings. The summed E-state index contributed by atoms with van der Waals surface area (Å²) in [7, 11) is 0. The van der Waals surface area contributed by atoms with E-state index in [9.17, 15) is 0 Å². The maximum atomic E-state index is 2.62. The van der Waals surface area contributed by atoms with E-state index >= 15 is 0 Å². The van der Waals surface area contributed by atoms with Crippen LogP contribution in [0.5, 0.6) is 0 Å². The Bertz CT molecular complexity index is 282. The molecule has 0 bridgehead atoms. The van der Waals surface area contributed by atoms with Crippen LogP contribution in [0.3, 0.4) is 0 Å². The summed E-state index contributed by atoms with van der Waals surface area (Å²) in [5.41, 5.74) is 3.41. The summed E-state index contributed by atoms with van der Waals surface area (Å²) >= 11 is 0. The molecule has 3 aliphatic carbocycles. The molecule has 0 nitrogen and oxygen atoms in total. The van der Waals surface area contributed by atoms with E-state index in [0.717, 1.165) is 17.8 Å². The maximum Gasteiger partial charge on any atom is -0.0139 e. The average Bonchev–Trinajstić information content (AvgIpc) is 2.70. The first-order valence-electron chi connectivity index (χ1n) is 5.76. The highest BCUT2D eigenvalue weighted by Crippen LogP contribution is 2.46. The Morgan fingerprint density at radius 3 is 2.69 bits per heavy atom. The lowest BCUT2D eigenvalue weighted by Gasteiger charge is -2.23. The molecule has 0 radical (unpaired) electrons. The number of allylic oxidation sites excluding steroid dienone is 4. The Morgan fingerprint density at radius 1 is 1.08 bits per heavy atom. The summed E-state index contributed by atoms with van der Waals surface area (Å²) in [5, 5.41) is 0. The fourth-order valence-electron chi connectivity index (χ4n) is 3.41. The minimum absolute atomic E-state index is 0.900. The minimum Gasteiger partial charge on any atom is -0.0773 e. The number of rotatable bonds is 0. The quantitative estimate of drug-likeness (QED) is 0.525. The highest BCUT2D eigenvalue weighted by Gasteiger charge is 2.34. The second kappa shape index (κ2) is 2.73. The Kier molecular flexibility index (Phi) is 1.65. The molecule has 0 N–H and O–H groups in total. The van der Waals surface area contributed by atoms with Gasteiger partial charge in [-0.05, 0) is 61.0 Å². The molecule has 13 heavy (non-hydrogen) atoms. The van der Waals surface area contributed by atoms with Crippen molar-refractivity contribution < 1.29 is 0 Å². The summed E-state index contributed by atoms with van der Waals surface area (Å²) in [4.78, 5) is 0. The number of fused-ring (bicyclic) bond motifs is 2. The Morgan fingerprint density at radius 2 is 1.85 bits per heavy atom. The van der Waals surface area contributed by atoms with Crippen molar-refractivity contribution in [1.82, 2.24) is 0 Å². The van der Waals surface area contributed by atoms with Gasteiger partial charge < -0.3 is 0 Å². The largest absolute Gasteiger partial charge is 0.0773 e. The van der Waals surface area contributed by atoms with Crippen molar-refractivity contribution in [1.29, 1.82) is 0 Å². The Hall–Kier alpha value is -0.520. The summed E-state index contributed by atoms with van der Waals surface area (Å²) < 4.78 is 0. The van der Waals surface area contributed by atoms with Gasteiger partial charge in [-0.1, -0.05) is 19.1 Å². The van der Waals surface area contributed by atoms with E-state index in [-0.39, 0.29) is 0 Å². The minimum atomic E-state index is 0.900. The van der Waals surface area contributed by atoms with Crippen LogP contribution in [-0.4, -0.2) is 0 Å². The van der Waals surface area contributed by atoms with Crippen LogP contribution < -0.4 is 0 Å². The maximum absolute atomic E-state index is 2.62. The molecular formula is C13H18. The molecule has 0 spiro atoms. The van der Waals surface area contributed by atoms with Gasteiger partial charge in [-0.15, -0.1) is 0 Å². The first-order valence-corrected chi connectivity index (χ1v) is 5.76. The van der Waals surface area contributed by atoms with E-state index in [0.29, 0.717) is 0 Å². The average molecular weight is 174 g/mol. The molecule has 0 heteroatoms. The lowest BCUT2D eigenvalue weighted by molar-refractivity contribution is 0.446. The summed E-state index contributed by atoms with van der Waals surface area (Å²) in [6.45, 7) is 2.43. The van der Waals surface area contributed by atoms with Crippen molar-refractivity contribution >= 4 is 0 Å². The molecule has 2 unspecified atom stereocenters. The van der Waals surface area contributed by atoms with Crippen molar-refractivity contribution in [3.63, 3.8) is 0 Å². The van der Waals surface area contributed by atoms with Crippen LogP contribution in [0.15, 0.2) is 23.3 Å². The third kappa shape index (κ3) is 1.11. The van der Waals surface area contributed by atoms with E-state index in [1.165, 1.54) is 32.1 Å². The Labute approximate surface area is 80.7 Å². The van der Waals surface area contributed by atoms with Crippen LogP contribution in [0.25, 0.3) is 0 Å². The SMILES string of the molecule is C[C@@H]1CCC2C=C3CCCC3=CC21. The van der Waals surface area contributed by atoms with E-state index in [1.54, 1.807) is 11.1 Å². The van der Waals surface area contributed by atoms with Crippen molar-refractivity contribution in [3.05, 3.63) is 23.3 Å². The predicted molar refractivity (Wildman–Crippen MR) is 55.4 cm³/mol. The van der Waals surface area contributed by atoms with Gasteiger partial charge in [-0.2, -0.15) is 0 Å². The molecule has 0 aromatic heterocycles. The molecule has 3 atom stereocenters.